The van der Waals surface area contributed by atoms with Gasteiger partial charge in [-0.15, -0.1) is 0 Å². The lowest BCUT2D eigenvalue weighted by atomic mass is 9.80. The van der Waals surface area contributed by atoms with Crippen molar-refractivity contribution >= 4 is 0 Å². The lowest BCUT2D eigenvalue weighted by molar-refractivity contribution is 0.247. The van der Waals surface area contributed by atoms with E-state index >= 15 is 0 Å². The fraction of sp³-hybridized carbons (Fsp3) is 1.00. The summed E-state index contributed by atoms with van der Waals surface area (Å²) in [5, 5.41) is 0. The van der Waals surface area contributed by atoms with E-state index in [-0.39, 0.29) is 0 Å². The summed E-state index contributed by atoms with van der Waals surface area (Å²) >= 11 is 0. The van der Waals surface area contributed by atoms with Gasteiger partial charge >= 0.3 is 0 Å². The Morgan fingerprint density at radius 2 is 0.688 bits per heavy atom. The second kappa shape index (κ2) is 5.10. The highest BCUT2D eigenvalue weighted by Gasteiger charge is 2.33. The van der Waals surface area contributed by atoms with Gasteiger partial charge in [0.15, 0.2) is 0 Å². The lowest BCUT2D eigenvalue weighted by Gasteiger charge is -2.26. The van der Waals surface area contributed by atoms with Crippen LogP contribution in [0.1, 0.15) is 66.2 Å². The Morgan fingerprint density at radius 1 is 0.438 bits per heavy atom. The van der Waals surface area contributed by atoms with Crippen LogP contribution in [0, 0.1) is 35.5 Å². The fourth-order valence-electron chi connectivity index (χ4n) is 4.79. The van der Waals surface area contributed by atoms with Crippen LogP contribution >= 0.6 is 0 Å². The van der Waals surface area contributed by atoms with Crippen LogP contribution in [0.15, 0.2) is 0 Å². The Hall–Kier alpha value is 0. The molecule has 0 spiro atoms. The Kier molecular flexibility index (Phi) is 3.97. The quantitative estimate of drug-likeness (QED) is 0.533. The molecule has 2 fully saturated rings. The van der Waals surface area contributed by atoms with Gasteiger partial charge in [0.2, 0.25) is 0 Å². The Labute approximate surface area is 102 Å². The third kappa shape index (κ3) is 3.02. The van der Waals surface area contributed by atoms with E-state index in [9.17, 15) is 0 Å². The van der Waals surface area contributed by atoms with Gasteiger partial charge in [-0.25, -0.2) is 0 Å². The maximum Gasteiger partial charge on any atom is -0.0381 e. The van der Waals surface area contributed by atoms with Crippen molar-refractivity contribution in [3.8, 4) is 0 Å². The predicted octanol–water partition coefficient (Wildman–Crippen LogP) is 5.13. The van der Waals surface area contributed by atoms with Crippen molar-refractivity contribution in [3.05, 3.63) is 0 Å². The first-order chi connectivity index (χ1) is 7.54. The minimum atomic E-state index is 0.977. The average Bonchev–Trinajstić information content (AvgIpc) is 2.31. The second-order valence-corrected chi connectivity index (χ2v) is 7.36. The van der Waals surface area contributed by atoms with Gasteiger partial charge in [0, 0.05) is 0 Å². The van der Waals surface area contributed by atoms with Crippen molar-refractivity contribution in [3.63, 3.8) is 0 Å². The van der Waals surface area contributed by atoms with Crippen molar-refractivity contribution in [2.24, 2.45) is 35.5 Å². The zero-order valence-electron chi connectivity index (χ0n) is 11.7. The standard InChI is InChI=1S/C16H30/c1-11-5-12(2)8-16-10-14(4)6-13(3)9-15(16)7-11/h11-16H,5-10H2,1-4H3. The third-order valence-electron chi connectivity index (χ3n) is 5.10. The number of hydrogen-bond donors (Lipinski definition) is 0. The van der Waals surface area contributed by atoms with Gasteiger partial charge < -0.3 is 0 Å². The molecule has 2 aliphatic carbocycles. The molecule has 2 rings (SSSR count). The normalized spacial score (nSPS) is 50.2. The van der Waals surface area contributed by atoms with E-state index in [4.69, 9.17) is 0 Å². The Bertz CT molecular complexity index is 176. The van der Waals surface area contributed by atoms with Crippen LogP contribution < -0.4 is 0 Å². The van der Waals surface area contributed by atoms with Crippen molar-refractivity contribution in [1.82, 2.24) is 0 Å². The van der Waals surface area contributed by atoms with E-state index < -0.39 is 0 Å². The van der Waals surface area contributed by atoms with Crippen molar-refractivity contribution in [2.45, 2.75) is 66.2 Å². The summed E-state index contributed by atoms with van der Waals surface area (Å²) in [5.41, 5.74) is 0. The van der Waals surface area contributed by atoms with E-state index in [1.165, 1.54) is 38.5 Å². The molecular weight excluding hydrogens is 192 g/mol. The minimum Gasteiger partial charge on any atom is -0.0625 e. The summed E-state index contributed by atoms with van der Waals surface area (Å²) in [4.78, 5) is 0. The number of fused-ring (bicyclic) bond motifs is 1. The van der Waals surface area contributed by atoms with Gasteiger partial charge in [-0.3, -0.25) is 0 Å². The lowest BCUT2D eigenvalue weighted by Crippen LogP contribution is -2.16. The summed E-state index contributed by atoms with van der Waals surface area (Å²) < 4.78 is 0. The minimum absolute atomic E-state index is 0.977. The van der Waals surface area contributed by atoms with Crippen LogP contribution in [0.4, 0.5) is 0 Å². The van der Waals surface area contributed by atoms with E-state index in [0.717, 1.165) is 35.5 Å². The molecule has 2 saturated carbocycles. The van der Waals surface area contributed by atoms with Crippen molar-refractivity contribution in [1.29, 1.82) is 0 Å². The highest BCUT2D eigenvalue weighted by atomic mass is 14.4. The average molecular weight is 222 g/mol. The van der Waals surface area contributed by atoms with Crippen LogP contribution in [0.3, 0.4) is 0 Å². The summed E-state index contributed by atoms with van der Waals surface area (Å²) in [6.45, 7) is 9.94. The van der Waals surface area contributed by atoms with E-state index in [1.54, 1.807) is 0 Å². The smallest absolute Gasteiger partial charge is 0.0381 e. The van der Waals surface area contributed by atoms with Gasteiger partial charge in [-0.2, -0.15) is 0 Å². The molecule has 0 amide bonds. The molecule has 4 atom stereocenters. The Balaban J connectivity index is 2.09. The summed E-state index contributed by atoms with van der Waals surface area (Å²) in [6, 6.07) is 0. The molecule has 0 bridgehead atoms. The molecule has 0 heterocycles. The van der Waals surface area contributed by atoms with Gasteiger partial charge in [-0.05, 0) is 74.0 Å². The van der Waals surface area contributed by atoms with E-state index in [2.05, 4.69) is 27.7 Å². The molecule has 0 N–H and O–H groups in total. The topological polar surface area (TPSA) is 0 Å². The molecule has 0 aromatic rings. The first-order valence-corrected chi connectivity index (χ1v) is 7.54. The van der Waals surface area contributed by atoms with E-state index in [1.807, 2.05) is 0 Å². The SMILES string of the molecule is CC1CC(C)CC2CC(C)CC(C)CC2C1. The summed E-state index contributed by atoms with van der Waals surface area (Å²) in [5.74, 6) is 6.02. The first kappa shape index (κ1) is 12.5. The second-order valence-electron chi connectivity index (χ2n) is 7.36. The monoisotopic (exact) mass is 222 g/mol. The van der Waals surface area contributed by atoms with E-state index in [0.29, 0.717) is 0 Å². The molecule has 16 heavy (non-hydrogen) atoms. The fourth-order valence-corrected chi connectivity index (χ4v) is 4.79. The van der Waals surface area contributed by atoms with Crippen LogP contribution in [0.25, 0.3) is 0 Å². The molecule has 0 aromatic carbocycles. The highest BCUT2D eigenvalue weighted by molar-refractivity contribution is 4.84. The van der Waals surface area contributed by atoms with Crippen molar-refractivity contribution in [2.75, 3.05) is 0 Å². The molecule has 0 aliphatic heterocycles. The third-order valence-corrected chi connectivity index (χ3v) is 5.10. The largest absolute Gasteiger partial charge is 0.0625 e. The van der Waals surface area contributed by atoms with Gasteiger partial charge in [0.1, 0.15) is 0 Å². The summed E-state index contributed by atoms with van der Waals surface area (Å²) in [7, 11) is 0. The zero-order valence-corrected chi connectivity index (χ0v) is 11.7. The van der Waals surface area contributed by atoms with Gasteiger partial charge in [0.05, 0.1) is 0 Å². The van der Waals surface area contributed by atoms with Gasteiger partial charge in [0.25, 0.3) is 0 Å². The molecule has 0 aromatic heterocycles. The van der Waals surface area contributed by atoms with Crippen molar-refractivity contribution < 1.29 is 0 Å². The molecule has 2 aliphatic rings. The number of rotatable bonds is 0. The molecule has 0 nitrogen and oxygen atoms in total. The van der Waals surface area contributed by atoms with Crippen LogP contribution in [0.5, 0.6) is 0 Å². The molecular formula is C16H30. The van der Waals surface area contributed by atoms with Crippen LogP contribution in [-0.2, 0) is 0 Å². The Morgan fingerprint density at radius 3 is 0.938 bits per heavy atom. The summed E-state index contributed by atoms with van der Waals surface area (Å²) in [6.07, 6.45) is 9.04. The first-order valence-electron chi connectivity index (χ1n) is 7.54. The zero-order chi connectivity index (χ0) is 11.7. The molecule has 0 radical (unpaired) electrons. The molecule has 94 valence electrons. The maximum absolute atomic E-state index is 2.48. The maximum atomic E-state index is 2.48. The molecule has 0 saturated heterocycles. The van der Waals surface area contributed by atoms with Crippen LogP contribution in [-0.4, -0.2) is 0 Å². The van der Waals surface area contributed by atoms with Crippen LogP contribution in [0.2, 0.25) is 0 Å². The molecule has 0 heteroatoms. The predicted molar refractivity (Wildman–Crippen MR) is 71.3 cm³/mol. The van der Waals surface area contributed by atoms with Gasteiger partial charge in [-0.1, -0.05) is 27.7 Å². The number of hydrogen-bond acceptors (Lipinski definition) is 0. The highest BCUT2D eigenvalue weighted by Crippen LogP contribution is 2.44. The molecule has 4 unspecified atom stereocenters.